The first-order valence-corrected chi connectivity index (χ1v) is 5.26. The molecule has 16 heavy (non-hydrogen) atoms. The zero-order valence-electron chi connectivity index (χ0n) is 9.92. The van der Waals surface area contributed by atoms with Crippen LogP contribution in [0.25, 0.3) is 0 Å². The topological polar surface area (TPSA) is 42.0 Å². The van der Waals surface area contributed by atoms with Crippen LogP contribution in [-0.2, 0) is 4.79 Å². The number of carbonyl (C=O) groups excluding carboxylic acids is 1. The minimum absolute atomic E-state index is 0.0218. The minimum atomic E-state index is -0.0218. The second-order valence-corrected chi connectivity index (χ2v) is 3.71. The van der Waals surface area contributed by atoms with E-state index in [4.69, 9.17) is 0 Å². The predicted octanol–water partition coefficient (Wildman–Crippen LogP) is 1.58. The largest absolute Gasteiger partial charge is 0.355 e. The summed E-state index contributed by atoms with van der Waals surface area (Å²) in [6, 6.07) is 2.06. The summed E-state index contributed by atoms with van der Waals surface area (Å²) in [5.41, 5.74) is 3.04. The number of carbonyl (C=O) groups is 1. The van der Waals surface area contributed by atoms with Crippen LogP contribution in [0, 0.1) is 25.7 Å². The summed E-state index contributed by atoms with van der Waals surface area (Å²) in [4.78, 5) is 14.8. The molecule has 0 aliphatic rings. The fourth-order valence-electron chi connectivity index (χ4n) is 1.29. The van der Waals surface area contributed by atoms with E-state index in [0.29, 0.717) is 13.0 Å². The van der Waals surface area contributed by atoms with Crippen molar-refractivity contribution in [2.75, 3.05) is 6.54 Å². The van der Waals surface area contributed by atoms with Crippen LogP contribution >= 0.6 is 0 Å². The van der Waals surface area contributed by atoms with Crippen molar-refractivity contribution in [2.24, 2.45) is 0 Å². The molecule has 0 saturated carbocycles. The van der Waals surface area contributed by atoms with Crippen LogP contribution in [0.1, 0.15) is 30.2 Å². The van der Waals surface area contributed by atoms with E-state index in [-0.39, 0.29) is 5.91 Å². The number of amides is 1. The first kappa shape index (κ1) is 12.3. The molecule has 0 aliphatic carbocycles. The van der Waals surface area contributed by atoms with Gasteiger partial charge in [-0.1, -0.05) is 12.0 Å². The van der Waals surface area contributed by atoms with E-state index in [1.807, 2.05) is 20.0 Å². The molecular formula is C13H16N2O. The first-order valence-electron chi connectivity index (χ1n) is 5.26. The standard InChI is InChI=1S/C13H16N2O/c1-10-8-11(2)13(15-9-10)6-4-5-7-14-12(3)16/h8-9H,5,7H2,1-3H3,(H,14,16). The van der Waals surface area contributed by atoms with Crippen molar-refractivity contribution in [3.8, 4) is 11.8 Å². The Hall–Kier alpha value is -1.82. The average molecular weight is 216 g/mol. The maximum atomic E-state index is 10.6. The zero-order valence-corrected chi connectivity index (χ0v) is 9.92. The first-order chi connectivity index (χ1) is 7.59. The van der Waals surface area contributed by atoms with E-state index in [1.165, 1.54) is 6.92 Å². The number of nitrogens with zero attached hydrogens (tertiary/aromatic N) is 1. The summed E-state index contributed by atoms with van der Waals surface area (Å²) in [5.74, 6) is 5.97. The fourth-order valence-corrected chi connectivity index (χ4v) is 1.29. The van der Waals surface area contributed by atoms with Gasteiger partial charge in [0.25, 0.3) is 0 Å². The Morgan fingerprint density at radius 1 is 1.50 bits per heavy atom. The van der Waals surface area contributed by atoms with Gasteiger partial charge in [0, 0.05) is 26.1 Å². The highest BCUT2D eigenvalue weighted by Crippen LogP contribution is 2.04. The molecule has 0 fully saturated rings. The lowest BCUT2D eigenvalue weighted by Gasteiger charge is -1.98. The predicted molar refractivity (Wildman–Crippen MR) is 63.9 cm³/mol. The maximum absolute atomic E-state index is 10.6. The third kappa shape index (κ3) is 4.14. The second-order valence-electron chi connectivity index (χ2n) is 3.71. The van der Waals surface area contributed by atoms with Crippen molar-refractivity contribution in [2.45, 2.75) is 27.2 Å². The molecule has 3 heteroatoms. The van der Waals surface area contributed by atoms with Gasteiger partial charge in [-0.2, -0.15) is 0 Å². The summed E-state index contributed by atoms with van der Waals surface area (Å²) in [6.07, 6.45) is 2.46. The molecule has 1 rings (SSSR count). The van der Waals surface area contributed by atoms with Crippen LogP contribution in [0.15, 0.2) is 12.3 Å². The molecule has 1 amide bonds. The van der Waals surface area contributed by atoms with Gasteiger partial charge in [-0.3, -0.25) is 4.79 Å². The van der Waals surface area contributed by atoms with Crippen molar-refractivity contribution < 1.29 is 4.79 Å². The van der Waals surface area contributed by atoms with Crippen molar-refractivity contribution in [1.29, 1.82) is 0 Å². The lowest BCUT2D eigenvalue weighted by Crippen LogP contribution is -2.20. The number of hydrogen-bond donors (Lipinski definition) is 1. The van der Waals surface area contributed by atoms with Crippen molar-refractivity contribution in [3.05, 3.63) is 29.1 Å². The molecule has 0 spiro atoms. The van der Waals surface area contributed by atoms with E-state index in [2.05, 4.69) is 28.2 Å². The monoisotopic (exact) mass is 216 g/mol. The average Bonchev–Trinajstić information content (AvgIpc) is 2.20. The number of rotatable bonds is 2. The van der Waals surface area contributed by atoms with Gasteiger partial charge in [0.1, 0.15) is 5.69 Å². The molecule has 1 heterocycles. The molecule has 0 unspecified atom stereocenters. The molecule has 1 aromatic rings. The number of nitrogens with one attached hydrogen (secondary N) is 1. The molecule has 84 valence electrons. The van der Waals surface area contributed by atoms with Crippen LogP contribution in [0.2, 0.25) is 0 Å². The Labute approximate surface area is 96.3 Å². The van der Waals surface area contributed by atoms with Crippen molar-refractivity contribution in [3.63, 3.8) is 0 Å². The highest BCUT2D eigenvalue weighted by atomic mass is 16.1. The highest BCUT2D eigenvalue weighted by Gasteiger charge is 1.95. The Morgan fingerprint density at radius 2 is 2.25 bits per heavy atom. The van der Waals surface area contributed by atoms with Gasteiger partial charge >= 0.3 is 0 Å². The summed E-state index contributed by atoms with van der Waals surface area (Å²) in [7, 11) is 0. The molecule has 0 aromatic carbocycles. The third-order valence-electron chi connectivity index (χ3n) is 2.05. The number of pyridine rings is 1. The number of hydrogen-bond acceptors (Lipinski definition) is 2. The number of aromatic nitrogens is 1. The lowest BCUT2D eigenvalue weighted by atomic mass is 10.1. The van der Waals surface area contributed by atoms with Gasteiger partial charge in [-0.15, -0.1) is 0 Å². The SMILES string of the molecule is CC(=O)NCCC#Cc1ncc(C)cc1C. The van der Waals surface area contributed by atoms with Crippen LogP contribution in [-0.4, -0.2) is 17.4 Å². The summed E-state index contributed by atoms with van der Waals surface area (Å²) < 4.78 is 0. The van der Waals surface area contributed by atoms with Gasteiger partial charge in [-0.25, -0.2) is 4.98 Å². The summed E-state index contributed by atoms with van der Waals surface area (Å²) in [5, 5.41) is 2.69. The lowest BCUT2D eigenvalue weighted by molar-refractivity contribution is -0.118. The minimum Gasteiger partial charge on any atom is -0.355 e. The molecule has 0 aliphatic heterocycles. The molecule has 0 radical (unpaired) electrons. The van der Waals surface area contributed by atoms with E-state index >= 15 is 0 Å². The molecule has 3 nitrogen and oxygen atoms in total. The van der Waals surface area contributed by atoms with E-state index in [9.17, 15) is 4.79 Å². The Bertz CT molecular complexity index is 441. The van der Waals surface area contributed by atoms with E-state index in [1.54, 1.807) is 0 Å². The Morgan fingerprint density at radius 3 is 2.88 bits per heavy atom. The van der Waals surface area contributed by atoms with Crippen LogP contribution in [0.5, 0.6) is 0 Å². The van der Waals surface area contributed by atoms with E-state index in [0.717, 1.165) is 16.8 Å². The second kappa shape index (κ2) is 5.92. The van der Waals surface area contributed by atoms with Crippen molar-refractivity contribution in [1.82, 2.24) is 10.3 Å². The van der Waals surface area contributed by atoms with Crippen molar-refractivity contribution >= 4 is 5.91 Å². The molecular weight excluding hydrogens is 200 g/mol. The van der Waals surface area contributed by atoms with Gasteiger partial charge in [-0.05, 0) is 30.9 Å². The van der Waals surface area contributed by atoms with Gasteiger partial charge in [0.05, 0.1) is 0 Å². The molecule has 0 bridgehead atoms. The summed E-state index contributed by atoms with van der Waals surface area (Å²) in [6.45, 7) is 6.10. The maximum Gasteiger partial charge on any atom is 0.216 e. The van der Waals surface area contributed by atoms with Gasteiger partial charge in [0.2, 0.25) is 5.91 Å². The molecule has 1 aromatic heterocycles. The molecule has 0 atom stereocenters. The van der Waals surface area contributed by atoms with Crippen LogP contribution in [0.3, 0.4) is 0 Å². The zero-order chi connectivity index (χ0) is 12.0. The third-order valence-corrected chi connectivity index (χ3v) is 2.05. The van der Waals surface area contributed by atoms with Crippen LogP contribution < -0.4 is 5.32 Å². The quantitative estimate of drug-likeness (QED) is 0.602. The Kier molecular flexibility index (Phi) is 4.53. The smallest absolute Gasteiger partial charge is 0.216 e. The van der Waals surface area contributed by atoms with E-state index < -0.39 is 0 Å². The van der Waals surface area contributed by atoms with Crippen LogP contribution in [0.4, 0.5) is 0 Å². The molecule has 0 saturated heterocycles. The normalized spacial score (nSPS) is 9.19. The van der Waals surface area contributed by atoms with Gasteiger partial charge < -0.3 is 5.32 Å². The Balaban J connectivity index is 2.53. The number of aryl methyl sites for hydroxylation is 2. The summed E-state index contributed by atoms with van der Waals surface area (Å²) >= 11 is 0. The fraction of sp³-hybridized carbons (Fsp3) is 0.385. The highest BCUT2D eigenvalue weighted by molar-refractivity contribution is 5.72. The molecule has 1 N–H and O–H groups in total. The van der Waals surface area contributed by atoms with Gasteiger partial charge in [0.15, 0.2) is 0 Å².